The highest BCUT2D eigenvalue weighted by atomic mass is 79.9. The molecule has 1 fully saturated rings. The number of nitrogens with one attached hydrogen (secondary N) is 1. The minimum Gasteiger partial charge on any atom is -0.356 e. The first kappa shape index (κ1) is 25.2. The molecule has 2 aromatic carbocycles. The number of halogens is 2. The Kier molecular flexibility index (Phi) is 9.44. The van der Waals surface area contributed by atoms with Crippen molar-refractivity contribution in [3.05, 3.63) is 69.5 Å². The maximum Gasteiger partial charge on any atom is 0.241 e. The molecule has 3 aromatic rings. The number of rotatable bonds is 10. The SMILES string of the molecule is O=C(NCCCSCc1ccc(Cl)cc1)C1CCCN(Cc2nc(-c3ccc(Br)cc3)no2)C1. The zero-order valence-corrected chi connectivity index (χ0v) is 22.0. The molecule has 4 rings (SSSR count). The van der Waals surface area contributed by atoms with Gasteiger partial charge in [-0.2, -0.15) is 16.7 Å². The fourth-order valence-electron chi connectivity index (χ4n) is 3.94. The smallest absolute Gasteiger partial charge is 0.241 e. The van der Waals surface area contributed by atoms with Crippen LogP contribution < -0.4 is 5.32 Å². The summed E-state index contributed by atoms with van der Waals surface area (Å²) < 4.78 is 6.47. The number of likely N-dealkylation sites (tertiary alicyclic amines) is 1. The second-order valence-corrected chi connectivity index (χ2v) is 10.9. The van der Waals surface area contributed by atoms with E-state index < -0.39 is 0 Å². The van der Waals surface area contributed by atoms with Crippen LogP contribution in [0.4, 0.5) is 0 Å². The Hall–Kier alpha value is -1.87. The van der Waals surface area contributed by atoms with Crippen LogP contribution in [0.15, 0.2) is 57.5 Å². The van der Waals surface area contributed by atoms with Gasteiger partial charge in [0, 0.05) is 33.9 Å². The van der Waals surface area contributed by atoms with Crippen LogP contribution in [-0.2, 0) is 17.1 Å². The monoisotopic (exact) mass is 562 g/mol. The van der Waals surface area contributed by atoms with Gasteiger partial charge in [-0.25, -0.2) is 0 Å². The molecule has 1 amide bonds. The Labute approximate surface area is 218 Å². The number of piperidine rings is 1. The molecule has 0 bridgehead atoms. The van der Waals surface area contributed by atoms with E-state index in [2.05, 4.69) is 48.4 Å². The molecule has 1 aliphatic rings. The van der Waals surface area contributed by atoms with E-state index in [0.29, 0.717) is 31.3 Å². The zero-order chi connectivity index (χ0) is 23.8. The first-order valence-corrected chi connectivity index (χ1v) is 13.8. The Morgan fingerprint density at radius 3 is 2.79 bits per heavy atom. The average Bonchev–Trinajstić information content (AvgIpc) is 3.31. The van der Waals surface area contributed by atoms with Gasteiger partial charge in [-0.05, 0) is 73.5 Å². The largest absolute Gasteiger partial charge is 0.356 e. The lowest BCUT2D eigenvalue weighted by Gasteiger charge is -2.30. The molecule has 1 atom stereocenters. The van der Waals surface area contributed by atoms with E-state index in [1.165, 1.54) is 5.56 Å². The highest BCUT2D eigenvalue weighted by molar-refractivity contribution is 9.10. The molecule has 1 saturated heterocycles. The lowest BCUT2D eigenvalue weighted by atomic mass is 9.97. The molecule has 0 saturated carbocycles. The van der Waals surface area contributed by atoms with Gasteiger partial charge in [-0.15, -0.1) is 0 Å². The van der Waals surface area contributed by atoms with Crippen LogP contribution in [0.3, 0.4) is 0 Å². The molecule has 1 aromatic heterocycles. The minimum absolute atomic E-state index is 0.00401. The van der Waals surface area contributed by atoms with Gasteiger partial charge in [0.2, 0.25) is 17.6 Å². The first-order chi connectivity index (χ1) is 16.6. The van der Waals surface area contributed by atoms with E-state index in [1.54, 1.807) is 0 Å². The second kappa shape index (κ2) is 12.7. The molecule has 1 unspecified atom stereocenters. The van der Waals surface area contributed by atoms with Crippen molar-refractivity contribution in [2.24, 2.45) is 5.92 Å². The van der Waals surface area contributed by atoms with Crippen LogP contribution in [0.2, 0.25) is 5.02 Å². The number of carbonyl (C=O) groups excluding carboxylic acids is 1. The maximum absolute atomic E-state index is 12.7. The number of carbonyl (C=O) groups is 1. The summed E-state index contributed by atoms with van der Waals surface area (Å²) in [4.78, 5) is 19.5. The van der Waals surface area contributed by atoms with Crippen molar-refractivity contribution < 1.29 is 9.32 Å². The van der Waals surface area contributed by atoms with E-state index in [-0.39, 0.29) is 11.8 Å². The van der Waals surface area contributed by atoms with Crippen LogP contribution in [0.1, 0.15) is 30.7 Å². The van der Waals surface area contributed by atoms with E-state index in [1.807, 2.05) is 48.2 Å². The van der Waals surface area contributed by atoms with Gasteiger partial charge in [0.25, 0.3) is 0 Å². The molecule has 2 heterocycles. The van der Waals surface area contributed by atoms with Gasteiger partial charge in [-0.3, -0.25) is 9.69 Å². The van der Waals surface area contributed by atoms with Crippen molar-refractivity contribution in [1.82, 2.24) is 20.4 Å². The predicted molar refractivity (Wildman–Crippen MR) is 141 cm³/mol. The highest BCUT2D eigenvalue weighted by Gasteiger charge is 2.26. The van der Waals surface area contributed by atoms with Gasteiger partial charge < -0.3 is 9.84 Å². The Bertz CT molecular complexity index is 1060. The summed E-state index contributed by atoms with van der Waals surface area (Å²) in [6, 6.07) is 15.8. The normalized spacial score (nSPS) is 16.5. The third kappa shape index (κ3) is 7.57. The predicted octanol–water partition coefficient (Wildman–Crippen LogP) is 5.80. The Morgan fingerprint density at radius 1 is 1.21 bits per heavy atom. The van der Waals surface area contributed by atoms with Gasteiger partial charge in [0.15, 0.2) is 0 Å². The quantitative estimate of drug-likeness (QED) is 0.314. The number of nitrogens with zero attached hydrogens (tertiary/aromatic N) is 3. The molecular weight excluding hydrogens is 536 g/mol. The van der Waals surface area contributed by atoms with E-state index in [0.717, 1.165) is 52.4 Å². The number of hydrogen-bond donors (Lipinski definition) is 1. The Morgan fingerprint density at radius 2 is 2.00 bits per heavy atom. The van der Waals surface area contributed by atoms with Gasteiger partial charge in [0.05, 0.1) is 12.5 Å². The molecule has 6 nitrogen and oxygen atoms in total. The van der Waals surface area contributed by atoms with Crippen molar-refractivity contribution in [3.8, 4) is 11.4 Å². The average molecular weight is 564 g/mol. The van der Waals surface area contributed by atoms with Crippen molar-refractivity contribution in [3.63, 3.8) is 0 Å². The fraction of sp³-hybridized carbons (Fsp3) is 0.400. The van der Waals surface area contributed by atoms with Crippen molar-refractivity contribution in [1.29, 1.82) is 0 Å². The minimum atomic E-state index is 0.00401. The second-order valence-electron chi connectivity index (χ2n) is 8.42. The number of aromatic nitrogens is 2. The van der Waals surface area contributed by atoms with Crippen LogP contribution in [0, 0.1) is 5.92 Å². The van der Waals surface area contributed by atoms with Crippen molar-refractivity contribution >= 4 is 45.2 Å². The number of thioether (sulfide) groups is 1. The molecule has 9 heteroatoms. The summed E-state index contributed by atoms with van der Waals surface area (Å²) in [6.07, 6.45) is 2.87. The summed E-state index contributed by atoms with van der Waals surface area (Å²) in [5.74, 6) is 3.29. The van der Waals surface area contributed by atoms with Gasteiger partial charge >= 0.3 is 0 Å². The molecule has 0 aliphatic carbocycles. The van der Waals surface area contributed by atoms with Crippen molar-refractivity contribution in [2.45, 2.75) is 31.6 Å². The highest BCUT2D eigenvalue weighted by Crippen LogP contribution is 2.22. The summed E-state index contributed by atoms with van der Waals surface area (Å²) in [6.45, 7) is 2.92. The molecule has 1 N–H and O–H groups in total. The molecule has 1 aliphatic heterocycles. The third-order valence-corrected chi connectivity index (χ3v) is 7.65. The fourth-order valence-corrected chi connectivity index (χ4v) is 5.25. The van der Waals surface area contributed by atoms with Crippen molar-refractivity contribution in [2.75, 3.05) is 25.4 Å². The molecule has 34 heavy (non-hydrogen) atoms. The van der Waals surface area contributed by atoms with E-state index in [9.17, 15) is 4.79 Å². The summed E-state index contributed by atoms with van der Waals surface area (Å²) in [7, 11) is 0. The molecular formula is C25H28BrClN4O2S. The first-order valence-electron chi connectivity index (χ1n) is 11.5. The topological polar surface area (TPSA) is 71.3 Å². The van der Waals surface area contributed by atoms with Crippen LogP contribution >= 0.6 is 39.3 Å². The number of amides is 1. The van der Waals surface area contributed by atoms with Crippen LogP contribution in [0.5, 0.6) is 0 Å². The van der Waals surface area contributed by atoms with E-state index in [4.69, 9.17) is 16.1 Å². The lowest BCUT2D eigenvalue weighted by Crippen LogP contribution is -2.43. The molecule has 180 valence electrons. The van der Waals surface area contributed by atoms with Crippen LogP contribution in [0.25, 0.3) is 11.4 Å². The summed E-state index contributed by atoms with van der Waals surface area (Å²) >= 11 is 11.2. The standard InChI is InChI=1S/C25H28BrClN4O2S/c26-21-8-6-19(7-9-21)24-29-23(33-30-24)16-31-13-1-3-20(15-31)25(32)28-12-2-14-34-17-18-4-10-22(27)11-5-18/h4-11,20H,1-3,12-17H2,(H,28,32). The number of benzene rings is 2. The summed E-state index contributed by atoms with van der Waals surface area (Å²) in [5, 5.41) is 7.99. The molecule has 0 spiro atoms. The van der Waals surface area contributed by atoms with Crippen LogP contribution in [-0.4, -0.2) is 46.3 Å². The Balaban J connectivity index is 1.16. The zero-order valence-electron chi connectivity index (χ0n) is 18.9. The van der Waals surface area contributed by atoms with Gasteiger partial charge in [-0.1, -0.05) is 44.8 Å². The van der Waals surface area contributed by atoms with E-state index >= 15 is 0 Å². The van der Waals surface area contributed by atoms with Gasteiger partial charge in [0.1, 0.15) is 0 Å². The maximum atomic E-state index is 12.7. The lowest BCUT2D eigenvalue weighted by molar-refractivity contribution is -0.126. The summed E-state index contributed by atoms with van der Waals surface area (Å²) in [5.41, 5.74) is 2.19. The third-order valence-electron chi connectivity index (χ3n) is 5.75. The molecule has 0 radical (unpaired) electrons. The number of hydrogen-bond acceptors (Lipinski definition) is 6.